The lowest BCUT2D eigenvalue weighted by Crippen LogP contribution is -2.43. The van der Waals surface area contributed by atoms with Crippen LogP contribution in [0.15, 0.2) is 29.2 Å². The number of nitrogens with two attached hydrogens (primary N) is 1. The summed E-state index contributed by atoms with van der Waals surface area (Å²) in [7, 11) is -3.78. The van der Waals surface area contributed by atoms with Crippen LogP contribution in [0.3, 0.4) is 0 Å². The number of primary sulfonamides is 1. The Labute approximate surface area is 119 Å². The maximum Gasteiger partial charge on any atom is 0.253 e. The average Bonchev–Trinajstić information content (AvgIpc) is 2.36. The molecule has 0 aromatic heterocycles. The number of hydrogen-bond donors (Lipinski definition) is 1. The van der Waals surface area contributed by atoms with Gasteiger partial charge in [0.2, 0.25) is 10.0 Å². The molecule has 1 saturated heterocycles. The van der Waals surface area contributed by atoms with Crippen LogP contribution in [0.4, 0.5) is 0 Å². The Bertz CT molecular complexity index is 623. The standard InChI is InChI=1S/C14H20N2O3S/c1-14(2)7-4-8-16(10-14)13(17)11-5-3-6-12(9-11)20(15,18)19/h3,5-6,9H,4,7-8,10H2,1-2H3,(H2,15,18,19). The predicted octanol–water partition coefficient (Wildman–Crippen LogP) is 1.60. The zero-order valence-corrected chi connectivity index (χ0v) is 12.6. The van der Waals surface area contributed by atoms with Gasteiger partial charge in [0.05, 0.1) is 4.90 Å². The van der Waals surface area contributed by atoms with Gasteiger partial charge < -0.3 is 4.90 Å². The van der Waals surface area contributed by atoms with E-state index in [1.54, 1.807) is 17.0 Å². The first-order valence-corrected chi connectivity index (χ1v) is 8.16. The zero-order chi connectivity index (χ0) is 15.0. The van der Waals surface area contributed by atoms with Gasteiger partial charge in [-0.3, -0.25) is 4.79 Å². The van der Waals surface area contributed by atoms with Crippen LogP contribution in [0, 0.1) is 5.41 Å². The molecular formula is C14H20N2O3S. The summed E-state index contributed by atoms with van der Waals surface area (Å²) in [5.74, 6) is -0.136. The number of rotatable bonds is 2. The maximum absolute atomic E-state index is 12.5. The number of carbonyl (C=O) groups excluding carboxylic acids is 1. The summed E-state index contributed by atoms with van der Waals surface area (Å²) in [6, 6.07) is 5.91. The van der Waals surface area contributed by atoms with Crippen molar-refractivity contribution in [2.45, 2.75) is 31.6 Å². The van der Waals surface area contributed by atoms with E-state index in [0.29, 0.717) is 18.7 Å². The van der Waals surface area contributed by atoms with Crippen molar-refractivity contribution in [3.8, 4) is 0 Å². The summed E-state index contributed by atoms with van der Waals surface area (Å²) in [5, 5.41) is 5.09. The SMILES string of the molecule is CC1(C)CCCN(C(=O)c2cccc(S(N)(=O)=O)c2)C1. The lowest BCUT2D eigenvalue weighted by Gasteiger charge is -2.38. The van der Waals surface area contributed by atoms with Crippen molar-refractivity contribution in [3.63, 3.8) is 0 Å². The molecule has 0 radical (unpaired) electrons. The molecule has 1 heterocycles. The first-order chi connectivity index (χ1) is 9.19. The molecule has 5 nitrogen and oxygen atoms in total. The number of benzene rings is 1. The predicted molar refractivity (Wildman–Crippen MR) is 76.7 cm³/mol. The fraction of sp³-hybridized carbons (Fsp3) is 0.500. The molecule has 1 aliphatic rings. The molecule has 2 rings (SSSR count). The number of piperidine rings is 1. The number of hydrogen-bond acceptors (Lipinski definition) is 3. The fourth-order valence-electron chi connectivity index (χ4n) is 2.59. The third kappa shape index (κ3) is 3.37. The smallest absolute Gasteiger partial charge is 0.253 e. The van der Waals surface area contributed by atoms with Crippen LogP contribution in [0.25, 0.3) is 0 Å². The van der Waals surface area contributed by atoms with Crippen molar-refractivity contribution in [2.75, 3.05) is 13.1 Å². The Balaban J connectivity index is 2.26. The Morgan fingerprint density at radius 3 is 2.65 bits per heavy atom. The second-order valence-corrected chi connectivity index (χ2v) is 7.63. The molecule has 1 aromatic rings. The van der Waals surface area contributed by atoms with E-state index in [2.05, 4.69) is 13.8 Å². The molecule has 0 bridgehead atoms. The van der Waals surface area contributed by atoms with Gasteiger partial charge in [0.15, 0.2) is 0 Å². The first kappa shape index (κ1) is 15.0. The average molecular weight is 296 g/mol. The van der Waals surface area contributed by atoms with Gasteiger partial charge in [0, 0.05) is 18.7 Å². The molecule has 1 aromatic carbocycles. The van der Waals surface area contributed by atoms with Gasteiger partial charge in [0.1, 0.15) is 0 Å². The number of carbonyl (C=O) groups is 1. The number of amides is 1. The van der Waals surface area contributed by atoms with Crippen molar-refractivity contribution in [3.05, 3.63) is 29.8 Å². The topological polar surface area (TPSA) is 80.5 Å². The second kappa shape index (κ2) is 5.18. The molecule has 20 heavy (non-hydrogen) atoms. The summed E-state index contributed by atoms with van der Waals surface area (Å²) in [6.07, 6.45) is 2.06. The third-order valence-electron chi connectivity index (χ3n) is 3.60. The Kier molecular flexibility index (Phi) is 3.88. The van der Waals surface area contributed by atoms with Crippen molar-refractivity contribution in [1.29, 1.82) is 0 Å². The van der Waals surface area contributed by atoms with Gasteiger partial charge in [-0.1, -0.05) is 19.9 Å². The van der Waals surface area contributed by atoms with E-state index in [0.717, 1.165) is 12.8 Å². The minimum absolute atomic E-state index is 0.0281. The Hall–Kier alpha value is -1.40. The minimum Gasteiger partial charge on any atom is -0.338 e. The monoisotopic (exact) mass is 296 g/mol. The van der Waals surface area contributed by atoms with Crippen LogP contribution in [0.5, 0.6) is 0 Å². The maximum atomic E-state index is 12.5. The number of sulfonamides is 1. The van der Waals surface area contributed by atoms with E-state index in [1.165, 1.54) is 12.1 Å². The normalized spacial score (nSPS) is 18.9. The Morgan fingerprint density at radius 1 is 1.35 bits per heavy atom. The van der Waals surface area contributed by atoms with E-state index in [4.69, 9.17) is 5.14 Å². The van der Waals surface area contributed by atoms with E-state index < -0.39 is 10.0 Å². The van der Waals surface area contributed by atoms with Gasteiger partial charge in [-0.2, -0.15) is 0 Å². The largest absolute Gasteiger partial charge is 0.338 e. The van der Waals surface area contributed by atoms with E-state index in [-0.39, 0.29) is 16.2 Å². The number of nitrogens with zero attached hydrogens (tertiary/aromatic N) is 1. The van der Waals surface area contributed by atoms with Crippen molar-refractivity contribution >= 4 is 15.9 Å². The summed E-state index contributed by atoms with van der Waals surface area (Å²) >= 11 is 0. The van der Waals surface area contributed by atoms with Crippen LogP contribution in [-0.4, -0.2) is 32.3 Å². The highest BCUT2D eigenvalue weighted by molar-refractivity contribution is 7.89. The molecule has 2 N–H and O–H groups in total. The molecule has 0 aliphatic carbocycles. The molecule has 1 amide bonds. The summed E-state index contributed by atoms with van der Waals surface area (Å²) in [5.41, 5.74) is 0.472. The highest BCUT2D eigenvalue weighted by atomic mass is 32.2. The second-order valence-electron chi connectivity index (χ2n) is 6.07. The van der Waals surface area contributed by atoms with Crippen molar-refractivity contribution in [2.24, 2.45) is 10.6 Å². The molecular weight excluding hydrogens is 276 g/mol. The lowest BCUT2D eigenvalue weighted by atomic mass is 9.84. The van der Waals surface area contributed by atoms with Gasteiger partial charge >= 0.3 is 0 Å². The quantitative estimate of drug-likeness (QED) is 0.900. The van der Waals surface area contributed by atoms with Crippen LogP contribution in [-0.2, 0) is 10.0 Å². The summed E-state index contributed by atoms with van der Waals surface area (Å²) in [4.78, 5) is 14.2. The van der Waals surface area contributed by atoms with E-state index >= 15 is 0 Å². The minimum atomic E-state index is -3.78. The molecule has 0 saturated carbocycles. The van der Waals surface area contributed by atoms with Gasteiger partial charge in [0.25, 0.3) is 5.91 Å². The molecule has 110 valence electrons. The van der Waals surface area contributed by atoms with Crippen LogP contribution >= 0.6 is 0 Å². The van der Waals surface area contributed by atoms with Gasteiger partial charge in [-0.25, -0.2) is 13.6 Å². The van der Waals surface area contributed by atoms with Crippen LogP contribution in [0.1, 0.15) is 37.0 Å². The summed E-state index contributed by atoms with van der Waals surface area (Å²) in [6.45, 7) is 5.66. The van der Waals surface area contributed by atoms with E-state index in [9.17, 15) is 13.2 Å². The summed E-state index contributed by atoms with van der Waals surface area (Å²) < 4.78 is 22.7. The van der Waals surface area contributed by atoms with Gasteiger partial charge in [-0.15, -0.1) is 0 Å². The highest BCUT2D eigenvalue weighted by Gasteiger charge is 2.29. The molecule has 0 unspecified atom stereocenters. The first-order valence-electron chi connectivity index (χ1n) is 6.61. The fourth-order valence-corrected chi connectivity index (χ4v) is 3.14. The van der Waals surface area contributed by atoms with Crippen LogP contribution in [0.2, 0.25) is 0 Å². The van der Waals surface area contributed by atoms with Crippen molar-refractivity contribution < 1.29 is 13.2 Å². The molecule has 0 spiro atoms. The molecule has 1 aliphatic heterocycles. The van der Waals surface area contributed by atoms with Gasteiger partial charge in [-0.05, 0) is 36.5 Å². The highest BCUT2D eigenvalue weighted by Crippen LogP contribution is 2.29. The lowest BCUT2D eigenvalue weighted by molar-refractivity contribution is 0.0583. The Morgan fingerprint density at radius 2 is 2.05 bits per heavy atom. The van der Waals surface area contributed by atoms with Crippen molar-refractivity contribution in [1.82, 2.24) is 4.90 Å². The molecule has 6 heteroatoms. The van der Waals surface area contributed by atoms with E-state index in [1.807, 2.05) is 0 Å². The molecule has 0 atom stereocenters. The molecule has 1 fully saturated rings. The van der Waals surface area contributed by atoms with Crippen LogP contribution < -0.4 is 5.14 Å². The zero-order valence-electron chi connectivity index (χ0n) is 11.8. The third-order valence-corrected chi connectivity index (χ3v) is 4.51. The number of likely N-dealkylation sites (tertiary alicyclic amines) is 1.